The van der Waals surface area contributed by atoms with Crippen LogP contribution in [0, 0.1) is 0 Å². The number of pyridine rings is 1. The topological polar surface area (TPSA) is 68.0 Å². The first-order valence-corrected chi connectivity index (χ1v) is 7.50. The monoisotopic (exact) mass is 317 g/mol. The van der Waals surface area contributed by atoms with Gasteiger partial charge in [-0.05, 0) is 17.5 Å². The Kier molecular flexibility index (Phi) is 3.77. The highest BCUT2D eigenvalue weighted by molar-refractivity contribution is 7.16. The zero-order valence-corrected chi connectivity index (χ0v) is 12.5. The largest absolute Gasteiger partial charge is 0.383 e. The molecule has 3 aromatic rings. The first-order chi connectivity index (χ1) is 10.1. The van der Waals surface area contributed by atoms with Gasteiger partial charge in [0.1, 0.15) is 5.82 Å². The molecular weight excluding hydrogens is 306 g/mol. The summed E-state index contributed by atoms with van der Waals surface area (Å²) in [4.78, 5) is 17.4. The molecule has 0 saturated carbocycles. The molecule has 0 bridgehead atoms. The van der Waals surface area contributed by atoms with Crippen LogP contribution in [-0.2, 0) is 6.54 Å². The molecule has 106 valence electrons. The summed E-state index contributed by atoms with van der Waals surface area (Å²) in [6.07, 6.45) is 1.51. The lowest BCUT2D eigenvalue weighted by Gasteiger charge is -2.08. The van der Waals surface area contributed by atoms with Crippen molar-refractivity contribution in [3.63, 3.8) is 0 Å². The van der Waals surface area contributed by atoms with Crippen molar-refractivity contribution in [2.75, 3.05) is 5.73 Å². The second kappa shape index (κ2) is 5.71. The van der Waals surface area contributed by atoms with Crippen molar-refractivity contribution in [3.05, 3.63) is 57.4 Å². The summed E-state index contributed by atoms with van der Waals surface area (Å²) in [5.41, 5.74) is 6.35. The van der Waals surface area contributed by atoms with Crippen molar-refractivity contribution < 1.29 is 4.79 Å². The summed E-state index contributed by atoms with van der Waals surface area (Å²) in [5, 5.41) is 4.45. The molecule has 0 radical (unpaired) electrons. The maximum Gasteiger partial charge on any atom is 0.253 e. The van der Waals surface area contributed by atoms with Gasteiger partial charge in [-0.25, -0.2) is 4.98 Å². The molecule has 2 aromatic heterocycles. The smallest absolute Gasteiger partial charge is 0.253 e. The highest BCUT2D eigenvalue weighted by Crippen LogP contribution is 2.23. The van der Waals surface area contributed by atoms with Crippen molar-refractivity contribution in [3.8, 4) is 0 Å². The second-order valence-electron chi connectivity index (χ2n) is 4.49. The van der Waals surface area contributed by atoms with Gasteiger partial charge in [0.15, 0.2) is 0 Å². The Morgan fingerprint density at radius 1 is 1.24 bits per heavy atom. The van der Waals surface area contributed by atoms with Crippen molar-refractivity contribution in [2.45, 2.75) is 6.54 Å². The quantitative estimate of drug-likeness (QED) is 0.777. The van der Waals surface area contributed by atoms with Gasteiger partial charge >= 0.3 is 0 Å². The standard InChI is InChI=1S/C15H12ClN3OS/c16-13-6-5-9(21-13)7-19-15(20)12-8-18-14(17)11-4-2-1-3-10(11)12/h1-6,8H,7H2,(H2,17,18)(H,19,20). The summed E-state index contributed by atoms with van der Waals surface area (Å²) < 4.78 is 0.707. The minimum atomic E-state index is -0.178. The van der Waals surface area contributed by atoms with Crippen LogP contribution in [0.15, 0.2) is 42.6 Å². The lowest BCUT2D eigenvalue weighted by atomic mass is 10.1. The summed E-state index contributed by atoms with van der Waals surface area (Å²) in [7, 11) is 0. The molecule has 0 atom stereocenters. The molecule has 0 saturated heterocycles. The Morgan fingerprint density at radius 2 is 2.00 bits per heavy atom. The molecule has 2 heterocycles. The van der Waals surface area contributed by atoms with Gasteiger partial charge in [-0.15, -0.1) is 11.3 Å². The SMILES string of the molecule is Nc1ncc(C(=O)NCc2ccc(Cl)s2)c2ccccc12. The van der Waals surface area contributed by atoms with E-state index in [0.29, 0.717) is 22.3 Å². The number of nitrogen functional groups attached to an aromatic ring is 1. The number of carbonyl (C=O) groups is 1. The number of benzene rings is 1. The predicted octanol–water partition coefficient (Wildman–Crippen LogP) is 3.46. The molecule has 21 heavy (non-hydrogen) atoms. The predicted molar refractivity (Wildman–Crippen MR) is 86.7 cm³/mol. The van der Waals surface area contributed by atoms with Crippen molar-refractivity contribution in [1.82, 2.24) is 10.3 Å². The lowest BCUT2D eigenvalue weighted by molar-refractivity contribution is 0.0952. The van der Waals surface area contributed by atoms with E-state index in [1.165, 1.54) is 17.5 Å². The zero-order chi connectivity index (χ0) is 14.8. The van der Waals surface area contributed by atoms with Gasteiger partial charge in [0.05, 0.1) is 16.4 Å². The van der Waals surface area contributed by atoms with E-state index in [4.69, 9.17) is 17.3 Å². The molecule has 0 fully saturated rings. The number of nitrogens with one attached hydrogen (secondary N) is 1. The van der Waals surface area contributed by atoms with Crippen LogP contribution in [0.5, 0.6) is 0 Å². The Labute approximate surface area is 130 Å². The highest BCUT2D eigenvalue weighted by atomic mass is 35.5. The minimum Gasteiger partial charge on any atom is -0.383 e. The van der Waals surface area contributed by atoms with Crippen LogP contribution in [0.3, 0.4) is 0 Å². The van der Waals surface area contributed by atoms with Gasteiger partial charge in [-0.2, -0.15) is 0 Å². The second-order valence-corrected chi connectivity index (χ2v) is 6.29. The molecule has 0 spiro atoms. The number of anilines is 1. The third kappa shape index (κ3) is 2.84. The molecule has 0 aliphatic carbocycles. The number of nitrogens with zero attached hydrogens (tertiary/aromatic N) is 1. The van der Waals surface area contributed by atoms with Crippen molar-refractivity contribution >= 4 is 45.4 Å². The Morgan fingerprint density at radius 3 is 2.71 bits per heavy atom. The summed E-state index contributed by atoms with van der Waals surface area (Å²) in [6, 6.07) is 11.2. The fourth-order valence-corrected chi connectivity index (χ4v) is 3.13. The summed E-state index contributed by atoms with van der Waals surface area (Å²) >= 11 is 7.32. The number of amides is 1. The van der Waals surface area contributed by atoms with Crippen molar-refractivity contribution in [1.29, 1.82) is 0 Å². The molecule has 3 N–H and O–H groups in total. The van der Waals surface area contributed by atoms with Crippen molar-refractivity contribution in [2.24, 2.45) is 0 Å². The number of nitrogens with two attached hydrogens (primary N) is 1. The normalized spacial score (nSPS) is 10.7. The number of carbonyl (C=O) groups excluding carboxylic acids is 1. The van der Waals surface area contributed by atoms with E-state index in [1.54, 1.807) is 0 Å². The fourth-order valence-electron chi connectivity index (χ4n) is 2.10. The molecule has 0 unspecified atom stereocenters. The van der Waals surface area contributed by atoms with E-state index in [-0.39, 0.29) is 5.91 Å². The number of fused-ring (bicyclic) bond motifs is 1. The van der Waals surface area contributed by atoms with Gasteiger partial charge < -0.3 is 11.1 Å². The van der Waals surface area contributed by atoms with Gasteiger partial charge in [0, 0.05) is 16.5 Å². The average Bonchev–Trinajstić information content (AvgIpc) is 2.91. The van der Waals surface area contributed by atoms with Gasteiger partial charge in [0.2, 0.25) is 0 Å². The molecule has 6 heteroatoms. The molecule has 1 amide bonds. The first kappa shape index (κ1) is 13.9. The third-order valence-corrected chi connectivity index (χ3v) is 4.35. The summed E-state index contributed by atoms with van der Waals surface area (Å²) in [6.45, 7) is 0.439. The number of aromatic nitrogens is 1. The van der Waals surface area contributed by atoms with Crippen LogP contribution in [0.2, 0.25) is 4.34 Å². The van der Waals surface area contributed by atoms with E-state index in [0.717, 1.165) is 15.6 Å². The summed E-state index contributed by atoms with van der Waals surface area (Å²) in [5.74, 6) is 0.246. The molecule has 1 aromatic carbocycles. The maximum absolute atomic E-state index is 12.3. The van der Waals surface area contributed by atoms with Crippen LogP contribution in [0.1, 0.15) is 15.2 Å². The van der Waals surface area contributed by atoms with Crippen LogP contribution in [0.4, 0.5) is 5.82 Å². The van der Waals surface area contributed by atoms with E-state index in [9.17, 15) is 4.79 Å². The number of rotatable bonds is 3. The fraction of sp³-hybridized carbons (Fsp3) is 0.0667. The molecule has 4 nitrogen and oxygen atoms in total. The van der Waals surface area contributed by atoms with Crippen LogP contribution in [0.25, 0.3) is 10.8 Å². The number of halogens is 1. The highest BCUT2D eigenvalue weighted by Gasteiger charge is 2.12. The molecule has 0 aliphatic rings. The minimum absolute atomic E-state index is 0.178. The maximum atomic E-state index is 12.3. The van der Waals surface area contributed by atoms with Crippen LogP contribution in [-0.4, -0.2) is 10.9 Å². The van der Waals surface area contributed by atoms with E-state index >= 15 is 0 Å². The Hall–Kier alpha value is -2.11. The van der Waals surface area contributed by atoms with Crippen LogP contribution >= 0.6 is 22.9 Å². The third-order valence-electron chi connectivity index (χ3n) is 3.12. The van der Waals surface area contributed by atoms with E-state index < -0.39 is 0 Å². The molecule has 0 aliphatic heterocycles. The lowest BCUT2D eigenvalue weighted by Crippen LogP contribution is -2.22. The van der Waals surface area contributed by atoms with Gasteiger partial charge in [-0.1, -0.05) is 35.9 Å². The van der Waals surface area contributed by atoms with Gasteiger partial charge in [0.25, 0.3) is 5.91 Å². The zero-order valence-electron chi connectivity index (χ0n) is 11.0. The van der Waals surface area contributed by atoms with E-state index in [2.05, 4.69) is 10.3 Å². The molecule has 3 rings (SSSR count). The average molecular weight is 318 g/mol. The molecular formula is C15H12ClN3OS. The Balaban J connectivity index is 1.86. The number of thiophene rings is 1. The Bertz CT molecular complexity index is 816. The van der Waals surface area contributed by atoms with Crippen LogP contribution < -0.4 is 11.1 Å². The van der Waals surface area contributed by atoms with E-state index in [1.807, 2.05) is 36.4 Å². The number of hydrogen-bond donors (Lipinski definition) is 2. The van der Waals surface area contributed by atoms with Gasteiger partial charge in [-0.3, -0.25) is 4.79 Å². The number of hydrogen-bond acceptors (Lipinski definition) is 4. The first-order valence-electron chi connectivity index (χ1n) is 6.31.